The van der Waals surface area contributed by atoms with Gasteiger partial charge in [0.05, 0.1) is 16.9 Å². The molecule has 1 N–H and O–H groups in total. The van der Waals surface area contributed by atoms with Crippen molar-refractivity contribution in [2.45, 2.75) is 6.92 Å². The number of benzene rings is 1. The number of nitrogens with one attached hydrogen (secondary N) is 1. The zero-order valence-corrected chi connectivity index (χ0v) is 11.3. The first-order chi connectivity index (χ1) is 9.04. The summed E-state index contributed by atoms with van der Waals surface area (Å²) in [5, 5.41) is 5.12. The maximum absolute atomic E-state index is 11.9. The lowest BCUT2D eigenvalue weighted by molar-refractivity contribution is 0.916. The van der Waals surface area contributed by atoms with Gasteiger partial charge in [-0.05, 0) is 25.1 Å². The van der Waals surface area contributed by atoms with E-state index in [1.807, 2.05) is 0 Å². The highest BCUT2D eigenvalue weighted by Crippen LogP contribution is 2.28. The Morgan fingerprint density at radius 3 is 2.84 bits per heavy atom. The van der Waals surface area contributed by atoms with Gasteiger partial charge in [0, 0.05) is 10.6 Å². The molecular formula is C12H8Cl2N4O. The van der Waals surface area contributed by atoms with Gasteiger partial charge >= 0.3 is 0 Å². The van der Waals surface area contributed by atoms with Crippen LogP contribution in [0.5, 0.6) is 0 Å². The summed E-state index contributed by atoms with van der Waals surface area (Å²) in [5.74, 6) is 0.532. The Hall–Kier alpha value is -1.85. The number of halogens is 2. The molecule has 7 heteroatoms. The third-order valence-electron chi connectivity index (χ3n) is 2.66. The van der Waals surface area contributed by atoms with E-state index in [0.29, 0.717) is 27.1 Å². The van der Waals surface area contributed by atoms with Gasteiger partial charge in [0.2, 0.25) is 5.65 Å². The second-order valence-corrected chi connectivity index (χ2v) is 4.89. The van der Waals surface area contributed by atoms with Gasteiger partial charge in [0.15, 0.2) is 0 Å². The number of aromatic amines is 1. The van der Waals surface area contributed by atoms with E-state index in [1.54, 1.807) is 31.3 Å². The minimum absolute atomic E-state index is 0.256. The number of aryl methyl sites for hydroxylation is 1. The molecule has 0 radical (unpaired) electrons. The molecule has 0 aliphatic carbocycles. The molecule has 3 aromatic rings. The molecule has 0 spiro atoms. The zero-order chi connectivity index (χ0) is 13.6. The molecule has 0 aliphatic rings. The molecule has 2 heterocycles. The highest BCUT2D eigenvalue weighted by molar-refractivity contribution is 6.36. The van der Waals surface area contributed by atoms with E-state index < -0.39 is 0 Å². The van der Waals surface area contributed by atoms with Crippen molar-refractivity contribution in [2.75, 3.05) is 0 Å². The fourth-order valence-electron chi connectivity index (χ4n) is 1.85. The van der Waals surface area contributed by atoms with Crippen LogP contribution in [-0.2, 0) is 0 Å². The standard InChI is InChI=1S/C12H8Cl2N4O/c1-6-15-11-12(19)16-10(5-18(11)17-6)8-3-2-7(13)4-9(8)14/h2-5H,1H3,(H,16,19). The fraction of sp³-hybridized carbons (Fsp3) is 0.0833. The quantitative estimate of drug-likeness (QED) is 0.750. The van der Waals surface area contributed by atoms with Crippen molar-refractivity contribution in [1.82, 2.24) is 19.6 Å². The first-order valence-electron chi connectivity index (χ1n) is 5.46. The van der Waals surface area contributed by atoms with Crippen molar-refractivity contribution in [2.24, 2.45) is 0 Å². The molecule has 2 aromatic heterocycles. The lowest BCUT2D eigenvalue weighted by Gasteiger charge is -2.05. The summed E-state index contributed by atoms with van der Waals surface area (Å²) < 4.78 is 1.44. The average Bonchev–Trinajstić information content (AvgIpc) is 2.70. The number of hydrogen-bond donors (Lipinski definition) is 1. The summed E-state index contributed by atoms with van der Waals surface area (Å²) in [6, 6.07) is 5.07. The van der Waals surface area contributed by atoms with Crippen LogP contribution in [0.2, 0.25) is 10.0 Å². The number of nitrogens with zero attached hydrogens (tertiary/aromatic N) is 3. The van der Waals surface area contributed by atoms with Crippen LogP contribution in [0, 0.1) is 6.92 Å². The topological polar surface area (TPSA) is 63.0 Å². The van der Waals surface area contributed by atoms with Gasteiger partial charge in [-0.2, -0.15) is 5.10 Å². The van der Waals surface area contributed by atoms with Crippen molar-refractivity contribution < 1.29 is 0 Å². The van der Waals surface area contributed by atoms with Crippen molar-refractivity contribution in [3.8, 4) is 11.3 Å². The molecule has 0 saturated carbocycles. The molecule has 0 atom stereocenters. The molecule has 0 aliphatic heterocycles. The maximum Gasteiger partial charge on any atom is 0.293 e. The highest BCUT2D eigenvalue weighted by atomic mass is 35.5. The van der Waals surface area contributed by atoms with Crippen LogP contribution in [0.1, 0.15) is 5.82 Å². The molecule has 0 bridgehead atoms. The summed E-state index contributed by atoms with van der Waals surface area (Å²) in [7, 11) is 0. The van der Waals surface area contributed by atoms with E-state index in [2.05, 4.69) is 15.1 Å². The van der Waals surface area contributed by atoms with E-state index >= 15 is 0 Å². The van der Waals surface area contributed by atoms with Gasteiger partial charge in [-0.25, -0.2) is 9.50 Å². The predicted molar refractivity (Wildman–Crippen MR) is 73.8 cm³/mol. The van der Waals surface area contributed by atoms with Gasteiger partial charge in [0.25, 0.3) is 5.56 Å². The number of aromatic nitrogens is 4. The van der Waals surface area contributed by atoms with Gasteiger partial charge in [-0.15, -0.1) is 0 Å². The first-order valence-corrected chi connectivity index (χ1v) is 6.22. The highest BCUT2D eigenvalue weighted by Gasteiger charge is 2.10. The molecule has 0 amide bonds. The third-order valence-corrected chi connectivity index (χ3v) is 3.21. The summed E-state index contributed by atoms with van der Waals surface area (Å²) in [6.07, 6.45) is 1.67. The summed E-state index contributed by atoms with van der Waals surface area (Å²) >= 11 is 12.0. The van der Waals surface area contributed by atoms with E-state index in [4.69, 9.17) is 23.2 Å². The van der Waals surface area contributed by atoms with Crippen molar-refractivity contribution in [3.63, 3.8) is 0 Å². The first kappa shape index (κ1) is 12.2. The van der Waals surface area contributed by atoms with E-state index in [1.165, 1.54) is 4.52 Å². The van der Waals surface area contributed by atoms with Gasteiger partial charge < -0.3 is 4.98 Å². The largest absolute Gasteiger partial charge is 0.317 e. The number of fused-ring (bicyclic) bond motifs is 1. The van der Waals surface area contributed by atoms with Gasteiger partial charge in [0.1, 0.15) is 5.82 Å². The fourth-order valence-corrected chi connectivity index (χ4v) is 2.36. The van der Waals surface area contributed by atoms with Crippen LogP contribution in [0.15, 0.2) is 29.2 Å². The molecule has 96 valence electrons. The lowest BCUT2D eigenvalue weighted by Crippen LogP contribution is -2.11. The molecular weight excluding hydrogens is 287 g/mol. The molecule has 0 fully saturated rings. The Bertz CT molecular complexity index is 837. The van der Waals surface area contributed by atoms with E-state index in [0.717, 1.165) is 0 Å². The van der Waals surface area contributed by atoms with Crippen LogP contribution >= 0.6 is 23.2 Å². The monoisotopic (exact) mass is 294 g/mol. The summed E-state index contributed by atoms with van der Waals surface area (Å²) in [4.78, 5) is 18.7. The van der Waals surface area contributed by atoms with Crippen LogP contribution in [0.25, 0.3) is 16.9 Å². The minimum Gasteiger partial charge on any atom is -0.317 e. The van der Waals surface area contributed by atoms with E-state index in [-0.39, 0.29) is 11.2 Å². The Morgan fingerprint density at radius 2 is 2.11 bits per heavy atom. The smallest absolute Gasteiger partial charge is 0.293 e. The van der Waals surface area contributed by atoms with Crippen LogP contribution in [0.4, 0.5) is 0 Å². The molecule has 5 nitrogen and oxygen atoms in total. The van der Waals surface area contributed by atoms with Gasteiger partial charge in [-0.3, -0.25) is 4.79 Å². The Balaban J connectivity index is 2.28. The van der Waals surface area contributed by atoms with Gasteiger partial charge in [-0.1, -0.05) is 23.2 Å². The van der Waals surface area contributed by atoms with Crippen LogP contribution in [0.3, 0.4) is 0 Å². The molecule has 1 aromatic carbocycles. The Labute approximate surface area is 117 Å². The number of H-pyrrole nitrogens is 1. The molecule has 0 saturated heterocycles. The lowest BCUT2D eigenvalue weighted by atomic mass is 10.1. The second-order valence-electron chi connectivity index (χ2n) is 4.05. The number of hydrogen-bond acceptors (Lipinski definition) is 3. The third kappa shape index (κ3) is 2.11. The molecule has 0 unspecified atom stereocenters. The summed E-state index contributed by atoms with van der Waals surface area (Å²) in [6.45, 7) is 1.72. The minimum atomic E-state index is -0.316. The van der Waals surface area contributed by atoms with Crippen molar-refractivity contribution in [1.29, 1.82) is 0 Å². The average molecular weight is 295 g/mol. The van der Waals surface area contributed by atoms with Crippen LogP contribution in [-0.4, -0.2) is 19.6 Å². The SMILES string of the molecule is Cc1nc2c(=O)[nH]c(-c3ccc(Cl)cc3Cl)cn2n1. The predicted octanol–water partition coefficient (Wildman–Crippen LogP) is 2.70. The Morgan fingerprint density at radius 1 is 1.32 bits per heavy atom. The number of rotatable bonds is 1. The normalized spacial score (nSPS) is 11.1. The van der Waals surface area contributed by atoms with Crippen molar-refractivity contribution >= 4 is 28.8 Å². The zero-order valence-electron chi connectivity index (χ0n) is 9.82. The van der Waals surface area contributed by atoms with Crippen LogP contribution < -0.4 is 5.56 Å². The maximum atomic E-state index is 11.9. The Kier molecular flexibility index (Phi) is 2.80. The molecule has 3 rings (SSSR count). The van der Waals surface area contributed by atoms with Crippen molar-refractivity contribution in [3.05, 3.63) is 50.6 Å². The second kappa shape index (κ2) is 4.36. The summed E-state index contributed by atoms with van der Waals surface area (Å²) in [5.41, 5.74) is 1.18. The molecule has 19 heavy (non-hydrogen) atoms. The van der Waals surface area contributed by atoms with E-state index in [9.17, 15) is 4.79 Å².